The summed E-state index contributed by atoms with van der Waals surface area (Å²) in [4.78, 5) is 10.6. The van der Waals surface area contributed by atoms with Gasteiger partial charge in [0.2, 0.25) is 0 Å². The van der Waals surface area contributed by atoms with Crippen LogP contribution in [0.1, 0.15) is 11.1 Å². The van der Waals surface area contributed by atoms with Gasteiger partial charge in [0.15, 0.2) is 0 Å². The lowest BCUT2D eigenvalue weighted by molar-refractivity contribution is -0.192. The van der Waals surface area contributed by atoms with Gasteiger partial charge in [-0.2, -0.15) is 0 Å². The molecule has 1 aromatic carbocycles. The van der Waals surface area contributed by atoms with Gasteiger partial charge >= 0.3 is 5.97 Å². The third-order valence-electron chi connectivity index (χ3n) is 2.15. The first-order valence-corrected chi connectivity index (χ1v) is 4.40. The molecule has 0 aromatic heterocycles. The summed E-state index contributed by atoms with van der Waals surface area (Å²) < 4.78 is 22.8. The topological polar surface area (TPSA) is 55.8 Å². The molecule has 0 saturated carbocycles. The fourth-order valence-corrected chi connectivity index (χ4v) is 1.39. The summed E-state index contributed by atoms with van der Waals surface area (Å²) in [6, 6.07) is 4.20. The monoisotopic (exact) mass is 212 g/mol. The van der Waals surface area contributed by atoms with Crippen LogP contribution in [0.15, 0.2) is 18.2 Å². The van der Waals surface area contributed by atoms with Gasteiger partial charge in [0.25, 0.3) is 6.29 Å². The van der Waals surface area contributed by atoms with Gasteiger partial charge in [0.05, 0.1) is 13.2 Å². The van der Waals surface area contributed by atoms with Crippen molar-refractivity contribution < 1.29 is 23.8 Å². The van der Waals surface area contributed by atoms with Crippen LogP contribution in [0.5, 0.6) is 0 Å². The van der Waals surface area contributed by atoms with Crippen molar-refractivity contribution in [2.45, 2.75) is 19.5 Å². The highest BCUT2D eigenvalue weighted by molar-refractivity contribution is 5.70. The predicted octanol–water partition coefficient (Wildman–Crippen LogP) is 1.28. The average molecular weight is 212 g/mol. The second kappa shape index (κ2) is 3.96. The molecule has 1 heterocycles. The van der Waals surface area contributed by atoms with Gasteiger partial charge in [-0.25, -0.2) is 9.18 Å². The van der Waals surface area contributed by atoms with Crippen LogP contribution in [-0.2, 0) is 27.5 Å². The van der Waals surface area contributed by atoms with Crippen LogP contribution in [0, 0.1) is 5.82 Å². The molecule has 15 heavy (non-hydrogen) atoms. The van der Waals surface area contributed by atoms with Gasteiger partial charge in [-0.15, -0.1) is 0 Å². The fraction of sp³-hybridized carbons (Fsp3) is 0.300. The van der Waals surface area contributed by atoms with Gasteiger partial charge in [0.1, 0.15) is 5.82 Å². The van der Waals surface area contributed by atoms with Crippen molar-refractivity contribution in [1.29, 1.82) is 0 Å². The average Bonchev–Trinajstić information content (AvgIpc) is 2.39. The number of aliphatic carboxylic acids is 1. The van der Waals surface area contributed by atoms with E-state index >= 15 is 0 Å². The highest BCUT2D eigenvalue weighted by atomic mass is 19.1. The highest BCUT2D eigenvalue weighted by Crippen LogP contribution is 2.19. The van der Waals surface area contributed by atoms with Crippen molar-refractivity contribution in [2.75, 3.05) is 0 Å². The van der Waals surface area contributed by atoms with Gasteiger partial charge in [-0.05, 0) is 23.3 Å². The molecule has 0 fully saturated rings. The summed E-state index contributed by atoms with van der Waals surface area (Å²) in [5, 5.41) is 8.67. The van der Waals surface area contributed by atoms with Crippen LogP contribution in [0.25, 0.3) is 0 Å². The molecule has 0 bridgehead atoms. The molecule has 80 valence electrons. The standard InChI is InChI=1S/C10H9FO4/c11-8-2-1-6-4-14-10(9(12)13)15-5-7(6)3-8/h1-3,10H,4-5H2,(H,12,13). The molecule has 1 unspecified atom stereocenters. The zero-order valence-corrected chi connectivity index (χ0v) is 7.77. The van der Waals surface area contributed by atoms with E-state index in [1.807, 2.05) is 0 Å². The molecule has 5 heteroatoms. The van der Waals surface area contributed by atoms with Gasteiger partial charge in [0, 0.05) is 0 Å². The van der Waals surface area contributed by atoms with Crippen LogP contribution >= 0.6 is 0 Å². The van der Waals surface area contributed by atoms with Crippen LogP contribution in [0.2, 0.25) is 0 Å². The number of benzene rings is 1. The van der Waals surface area contributed by atoms with Crippen molar-refractivity contribution in [3.63, 3.8) is 0 Å². The van der Waals surface area contributed by atoms with Crippen molar-refractivity contribution in [2.24, 2.45) is 0 Å². The van der Waals surface area contributed by atoms with E-state index in [1.54, 1.807) is 6.07 Å². The first kappa shape index (κ1) is 10.1. The van der Waals surface area contributed by atoms with E-state index < -0.39 is 12.3 Å². The Hall–Kier alpha value is -1.46. The molecule has 0 aliphatic carbocycles. The van der Waals surface area contributed by atoms with Gasteiger partial charge in [-0.3, -0.25) is 0 Å². The van der Waals surface area contributed by atoms with Crippen molar-refractivity contribution in [3.05, 3.63) is 35.1 Å². The molecule has 4 nitrogen and oxygen atoms in total. The van der Waals surface area contributed by atoms with Crippen LogP contribution < -0.4 is 0 Å². The van der Waals surface area contributed by atoms with Crippen molar-refractivity contribution >= 4 is 5.97 Å². The first-order valence-electron chi connectivity index (χ1n) is 4.40. The number of carbonyl (C=O) groups is 1. The van der Waals surface area contributed by atoms with Crippen molar-refractivity contribution in [1.82, 2.24) is 0 Å². The number of carboxylic acids is 1. The molecule has 1 aliphatic rings. The molecule has 1 atom stereocenters. The number of carboxylic acid groups (broad SMARTS) is 1. The normalized spacial score (nSPS) is 20.5. The maximum absolute atomic E-state index is 12.9. The van der Waals surface area contributed by atoms with Crippen LogP contribution in [0.4, 0.5) is 4.39 Å². The minimum atomic E-state index is -1.28. The summed E-state index contributed by atoms with van der Waals surface area (Å²) in [6.07, 6.45) is -1.28. The molecule has 0 saturated heterocycles. The zero-order chi connectivity index (χ0) is 10.8. The molecule has 0 spiro atoms. The van der Waals surface area contributed by atoms with E-state index in [2.05, 4.69) is 0 Å². The van der Waals surface area contributed by atoms with E-state index in [4.69, 9.17) is 14.6 Å². The second-order valence-corrected chi connectivity index (χ2v) is 3.21. The Kier molecular flexibility index (Phi) is 2.66. The second-order valence-electron chi connectivity index (χ2n) is 3.21. The van der Waals surface area contributed by atoms with Gasteiger partial charge < -0.3 is 14.6 Å². The lowest BCUT2D eigenvalue weighted by atomic mass is 10.1. The summed E-state index contributed by atoms with van der Waals surface area (Å²) >= 11 is 0. The minimum Gasteiger partial charge on any atom is -0.477 e. The largest absolute Gasteiger partial charge is 0.477 e. The highest BCUT2D eigenvalue weighted by Gasteiger charge is 2.23. The smallest absolute Gasteiger partial charge is 0.361 e. The quantitative estimate of drug-likeness (QED) is 0.761. The number of rotatable bonds is 1. The number of fused-ring (bicyclic) bond motifs is 1. The molecular weight excluding hydrogens is 203 g/mol. The third kappa shape index (κ3) is 2.14. The molecular formula is C10H9FO4. The Bertz CT molecular complexity index is 391. The summed E-state index contributed by atoms with van der Waals surface area (Å²) in [5.74, 6) is -1.55. The van der Waals surface area contributed by atoms with E-state index in [9.17, 15) is 9.18 Å². The molecule has 0 radical (unpaired) electrons. The van der Waals surface area contributed by atoms with Crippen LogP contribution in [0.3, 0.4) is 0 Å². The number of halogens is 1. The maximum atomic E-state index is 12.9. The van der Waals surface area contributed by atoms with E-state index in [0.29, 0.717) is 5.56 Å². The van der Waals surface area contributed by atoms with Crippen LogP contribution in [-0.4, -0.2) is 17.4 Å². The lowest BCUT2D eigenvalue weighted by Gasteiger charge is -2.08. The summed E-state index contributed by atoms with van der Waals surface area (Å²) in [5.41, 5.74) is 1.37. The van der Waals surface area contributed by atoms with E-state index in [-0.39, 0.29) is 19.0 Å². The SMILES string of the molecule is O=C(O)C1OCc2ccc(F)cc2CO1. The predicted molar refractivity (Wildman–Crippen MR) is 47.4 cm³/mol. The summed E-state index contributed by atoms with van der Waals surface area (Å²) in [7, 11) is 0. The maximum Gasteiger partial charge on any atom is 0.361 e. The Balaban J connectivity index is 2.21. The molecule has 1 aromatic rings. The Morgan fingerprint density at radius 2 is 2.00 bits per heavy atom. The van der Waals surface area contributed by atoms with Crippen molar-refractivity contribution in [3.8, 4) is 0 Å². The number of hydrogen-bond donors (Lipinski definition) is 1. The minimum absolute atomic E-state index is 0.0457. The Morgan fingerprint density at radius 3 is 2.67 bits per heavy atom. The first-order chi connectivity index (χ1) is 7.16. The molecule has 2 rings (SSSR count). The number of hydrogen-bond acceptors (Lipinski definition) is 3. The van der Waals surface area contributed by atoms with E-state index in [0.717, 1.165) is 5.56 Å². The lowest BCUT2D eigenvalue weighted by Crippen LogP contribution is -2.25. The number of ether oxygens (including phenoxy) is 2. The molecule has 1 aliphatic heterocycles. The zero-order valence-electron chi connectivity index (χ0n) is 7.77. The summed E-state index contributed by atoms with van der Waals surface area (Å²) in [6.45, 7) is 0.163. The Labute approximate surface area is 85.2 Å². The van der Waals surface area contributed by atoms with E-state index in [1.165, 1.54) is 12.1 Å². The van der Waals surface area contributed by atoms with Gasteiger partial charge in [-0.1, -0.05) is 6.07 Å². The Morgan fingerprint density at radius 1 is 1.33 bits per heavy atom. The third-order valence-corrected chi connectivity index (χ3v) is 2.15. The molecule has 0 amide bonds. The fourth-order valence-electron chi connectivity index (χ4n) is 1.39. The molecule has 1 N–H and O–H groups in total.